The lowest BCUT2D eigenvalue weighted by Gasteiger charge is -2.30. The molecule has 16 heavy (non-hydrogen) atoms. The zero-order chi connectivity index (χ0) is 12.0. The summed E-state index contributed by atoms with van der Waals surface area (Å²) in [6, 6.07) is 0.783. The third-order valence-electron chi connectivity index (χ3n) is 3.37. The normalized spacial score (nSPS) is 23.3. The minimum atomic E-state index is -0.139. The summed E-state index contributed by atoms with van der Waals surface area (Å²) < 4.78 is 4.69. The first-order chi connectivity index (χ1) is 7.69. The SMILES string of the molecule is COC(=O)CC(C)N1CCCC1CCCO. The highest BCUT2D eigenvalue weighted by Gasteiger charge is 2.29. The second-order valence-electron chi connectivity index (χ2n) is 4.53. The number of aliphatic hydroxyl groups is 1. The molecular formula is C12H23NO3. The molecule has 0 radical (unpaired) electrons. The molecule has 1 fully saturated rings. The number of aliphatic hydroxyl groups excluding tert-OH is 1. The number of esters is 1. The minimum Gasteiger partial charge on any atom is -0.469 e. The van der Waals surface area contributed by atoms with E-state index >= 15 is 0 Å². The van der Waals surface area contributed by atoms with Crippen LogP contribution in [0.25, 0.3) is 0 Å². The number of likely N-dealkylation sites (tertiary alicyclic amines) is 1. The smallest absolute Gasteiger partial charge is 0.307 e. The second kappa shape index (κ2) is 6.86. The summed E-state index contributed by atoms with van der Waals surface area (Å²) in [5.41, 5.74) is 0. The standard InChI is InChI=1S/C12H23NO3/c1-10(9-12(15)16-2)13-7-3-5-11(13)6-4-8-14/h10-11,14H,3-9H2,1-2H3. The lowest BCUT2D eigenvalue weighted by molar-refractivity contribution is -0.142. The van der Waals surface area contributed by atoms with Crippen LogP contribution >= 0.6 is 0 Å². The van der Waals surface area contributed by atoms with Crippen molar-refractivity contribution in [2.45, 2.75) is 51.1 Å². The van der Waals surface area contributed by atoms with Crippen molar-refractivity contribution in [1.29, 1.82) is 0 Å². The van der Waals surface area contributed by atoms with Gasteiger partial charge in [0.15, 0.2) is 0 Å². The van der Waals surface area contributed by atoms with Crippen molar-refractivity contribution in [2.24, 2.45) is 0 Å². The summed E-state index contributed by atoms with van der Waals surface area (Å²) in [6.45, 7) is 3.40. The second-order valence-corrected chi connectivity index (χ2v) is 4.53. The van der Waals surface area contributed by atoms with Crippen LogP contribution in [0.15, 0.2) is 0 Å². The van der Waals surface area contributed by atoms with Crippen LogP contribution in [0, 0.1) is 0 Å². The predicted octanol–water partition coefficient (Wildman–Crippen LogP) is 1.17. The Labute approximate surface area is 97.6 Å². The number of rotatable bonds is 6. The zero-order valence-electron chi connectivity index (χ0n) is 10.3. The van der Waals surface area contributed by atoms with Crippen LogP contribution in [-0.2, 0) is 9.53 Å². The molecular weight excluding hydrogens is 206 g/mol. The summed E-state index contributed by atoms with van der Waals surface area (Å²) in [4.78, 5) is 13.6. The van der Waals surface area contributed by atoms with E-state index in [9.17, 15) is 4.79 Å². The van der Waals surface area contributed by atoms with Crippen molar-refractivity contribution in [1.82, 2.24) is 4.90 Å². The molecule has 0 aromatic heterocycles. The Morgan fingerprint density at radius 3 is 3.00 bits per heavy atom. The van der Waals surface area contributed by atoms with E-state index in [0.29, 0.717) is 12.5 Å². The van der Waals surface area contributed by atoms with Gasteiger partial charge in [-0.2, -0.15) is 0 Å². The fraction of sp³-hybridized carbons (Fsp3) is 0.917. The van der Waals surface area contributed by atoms with Gasteiger partial charge in [0.2, 0.25) is 0 Å². The molecule has 1 rings (SSSR count). The van der Waals surface area contributed by atoms with Gasteiger partial charge in [-0.1, -0.05) is 0 Å². The average molecular weight is 229 g/mol. The van der Waals surface area contributed by atoms with Gasteiger partial charge in [0, 0.05) is 18.7 Å². The quantitative estimate of drug-likeness (QED) is 0.695. The van der Waals surface area contributed by atoms with Gasteiger partial charge in [-0.05, 0) is 39.2 Å². The number of ether oxygens (including phenoxy) is 1. The fourth-order valence-corrected chi connectivity index (χ4v) is 2.52. The van der Waals surface area contributed by atoms with Crippen LogP contribution in [-0.4, -0.2) is 48.3 Å². The van der Waals surface area contributed by atoms with Gasteiger partial charge in [0.05, 0.1) is 13.5 Å². The lowest BCUT2D eigenvalue weighted by atomic mass is 10.1. The first kappa shape index (κ1) is 13.5. The van der Waals surface area contributed by atoms with Crippen molar-refractivity contribution < 1.29 is 14.6 Å². The first-order valence-electron chi connectivity index (χ1n) is 6.12. The Balaban J connectivity index is 2.40. The van der Waals surface area contributed by atoms with Gasteiger partial charge >= 0.3 is 5.97 Å². The molecule has 2 atom stereocenters. The molecule has 0 aromatic rings. The summed E-state index contributed by atoms with van der Waals surface area (Å²) in [7, 11) is 1.43. The summed E-state index contributed by atoms with van der Waals surface area (Å²) in [6.07, 6.45) is 4.73. The minimum absolute atomic E-state index is 0.139. The molecule has 1 aliphatic heterocycles. The number of carbonyl (C=O) groups excluding carboxylic acids is 1. The highest BCUT2D eigenvalue weighted by Crippen LogP contribution is 2.24. The maximum absolute atomic E-state index is 11.2. The van der Waals surface area contributed by atoms with E-state index in [4.69, 9.17) is 9.84 Å². The number of carbonyl (C=O) groups is 1. The molecule has 1 aliphatic rings. The first-order valence-corrected chi connectivity index (χ1v) is 6.12. The molecule has 0 amide bonds. The topological polar surface area (TPSA) is 49.8 Å². The zero-order valence-corrected chi connectivity index (χ0v) is 10.3. The Bertz CT molecular complexity index is 220. The Morgan fingerprint density at radius 2 is 2.38 bits per heavy atom. The Hall–Kier alpha value is -0.610. The van der Waals surface area contributed by atoms with E-state index in [0.717, 1.165) is 19.4 Å². The highest BCUT2D eigenvalue weighted by atomic mass is 16.5. The van der Waals surface area contributed by atoms with Crippen molar-refractivity contribution in [3.8, 4) is 0 Å². The molecule has 0 aromatic carbocycles. The van der Waals surface area contributed by atoms with Gasteiger partial charge < -0.3 is 9.84 Å². The highest BCUT2D eigenvalue weighted by molar-refractivity contribution is 5.69. The average Bonchev–Trinajstić information content (AvgIpc) is 2.74. The predicted molar refractivity (Wildman–Crippen MR) is 62.1 cm³/mol. The molecule has 94 valence electrons. The summed E-state index contributed by atoms with van der Waals surface area (Å²) in [5, 5.41) is 8.84. The van der Waals surface area contributed by atoms with Crippen molar-refractivity contribution in [2.75, 3.05) is 20.3 Å². The number of hydrogen-bond acceptors (Lipinski definition) is 4. The van der Waals surface area contributed by atoms with Gasteiger partial charge in [0.1, 0.15) is 0 Å². The third-order valence-corrected chi connectivity index (χ3v) is 3.37. The van der Waals surface area contributed by atoms with E-state index in [1.807, 2.05) is 0 Å². The van der Waals surface area contributed by atoms with Gasteiger partial charge in [-0.3, -0.25) is 9.69 Å². The molecule has 4 heteroatoms. The van der Waals surface area contributed by atoms with E-state index in [1.54, 1.807) is 0 Å². The van der Waals surface area contributed by atoms with Crippen LogP contribution in [0.2, 0.25) is 0 Å². The van der Waals surface area contributed by atoms with E-state index in [-0.39, 0.29) is 18.6 Å². The molecule has 0 bridgehead atoms. The molecule has 2 unspecified atom stereocenters. The number of nitrogens with zero attached hydrogens (tertiary/aromatic N) is 1. The molecule has 0 aliphatic carbocycles. The van der Waals surface area contributed by atoms with E-state index < -0.39 is 0 Å². The number of hydrogen-bond donors (Lipinski definition) is 1. The van der Waals surface area contributed by atoms with Crippen LogP contribution in [0.5, 0.6) is 0 Å². The molecule has 0 spiro atoms. The van der Waals surface area contributed by atoms with Gasteiger partial charge in [-0.15, -0.1) is 0 Å². The monoisotopic (exact) mass is 229 g/mol. The summed E-state index contributed by atoms with van der Waals surface area (Å²) in [5.74, 6) is -0.139. The summed E-state index contributed by atoms with van der Waals surface area (Å²) >= 11 is 0. The molecule has 1 N–H and O–H groups in total. The Morgan fingerprint density at radius 1 is 1.62 bits per heavy atom. The van der Waals surface area contributed by atoms with Crippen LogP contribution in [0.3, 0.4) is 0 Å². The van der Waals surface area contributed by atoms with Crippen molar-refractivity contribution in [3.63, 3.8) is 0 Å². The maximum atomic E-state index is 11.2. The van der Waals surface area contributed by atoms with Crippen LogP contribution in [0.4, 0.5) is 0 Å². The largest absolute Gasteiger partial charge is 0.469 e. The molecule has 0 saturated carbocycles. The fourth-order valence-electron chi connectivity index (χ4n) is 2.52. The van der Waals surface area contributed by atoms with E-state index in [1.165, 1.54) is 20.0 Å². The molecule has 1 saturated heterocycles. The Kier molecular flexibility index (Phi) is 5.77. The van der Waals surface area contributed by atoms with Crippen molar-refractivity contribution in [3.05, 3.63) is 0 Å². The molecule has 4 nitrogen and oxygen atoms in total. The molecule has 1 heterocycles. The van der Waals surface area contributed by atoms with Gasteiger partial charge in [-0.25, -0.2) is 0 Å². The lowest BCUT2D eigenvalue weighted by Crippen LogP contribution is -2.38. The van der Waals surface area contributed by atoms with Crippen LogP contribution in [0.1, 0.15) is 39.0 Å². The number of methoxy groups -OCH3 is 1. The van der Waals surface area contributed by atoms with Crippen LogP contribution < -0.4 is 0 Å². The third kappa shape index (κ3) is 3.76. The van der Waals surface area contributed by atoms with Gasteiger partial charge in [0.25, 0.3) is 0 Å². The van der Waals surface area contributed by atoms with E-state index in [2.05, 4.69) is 11.8 Å². The maximum Gasteiger partial charge on any atom is 0.307 e. The van der Waals surface area contributed by atoms with Crippen molar-refractivity contribution >= 4 is 5.97 Å².